The van der Waals surface area contributed by atoms with E-state index in [0.29, 0.717) is 50.4 Å². The lowest BCUT2D eigenvalue weighted by atomic mass is 9.87. The Bertz CT molecular complexity index is 901. The molecule has 1 fully saturated rings. The van der Waals surface area contributed by atoms with Gasteiger partial charge < -0.3 is 4.74 Å². The molecule has 0 radical (unpaired) electrons. The first kappa shape index (κ1) is 24.4. The molecule has 0 aliphatic heterocycles. The third kappa shape index (κ3) is 6.61. The molecule has 0 heterocycles. The maximum atomic E-state index is 14.5. The summed E-state index contributed by atoms with van der Waals surface area (Å²) in [5, 5.41) is 0. The van der Waals surface area contributed by atoms with Gasteiger partial charge in [-0.3, -0.25) is 0 Å². The minimum Gasteiger partial charge on any atom is -0.378 e. The molecule has 32 heavy (non-hydrogen) atoms. The molecule has 0 aromatic heterocycles. The molecule has 0 spiro atoms. The minimum atomic E-state index is -4.93. The van der Waals surface area contributed by atoms with Gasteiger partial charge in [0.1, 0.15) is 11.6 Å². The fraction of sp³-hybridized carbons (Fsp3) is 0.440. The van der Waals surface area contributed by atoms with Gasteiger partial charge in [-0.15, -0.1) is 0 Å². The summed E-state index contributed by atoms with van der Waals surface area (Å²) in [6, 6.07) is 10.1. The van der Waals surface area contributed by atoms with Crippen molar-refractivity contribution < 1.29 is 31.1 Å². The van der Waals surface area contributed by atoms with Crippen LogP contribution >= 0.6 is 0 Å². The van der Waals surface area contributed by atoms with Gasteiger partial charge in [-0.05, 0) is 80.7 Å². The standard InChI is InChI=1S/C25H26F6O/c1-16-4-8-18(9-5-16)19-14-22(26)21(23(27)15-19)3-2-12-32-20-10-6-17(7-11-20)13-24(28)25(29,30)31/h4-5,8-9,13-15,17,20H,2-3,6-7,10-12H2,1H3. The summed E-state index contributed by atoms with van der Waals surface area (Å²) in [5.74, 6) is -3.69. The summed E-state index contributed by atoms with van der Waals surface area (Å²) in [5.41, 5.74) is 2.29. The number of benzene rings is 2. The van der Waals surface area contributed by atoms with Gasteiger partial charge >= 0.3 is 6.18 Å². The molecule has 0 N–H and O–H groups in total. The maximum absolute atomic E-state index is 14.5. The van der Waals surface area contributed by atoms with Crippen LogP contribution in [-0.4, -0.2) is 18.9 Å². The molecule has 1 aliphatic rings. The van der Waals surface area contributed by atoms with Crippen LogP contribution in [0.1, 0.15) is 43.2 Å². The molecule has 0 amide bonds. The Morgan fingerprint density at radius 2 is 1.56 bits per heavy atom. The highest BCUT2D eigenvalue weighted by Gasteiger charge is 2.35. The summed E-state index contributed by atoms with van der Waals surface area (Å²) in [7, 11) is 0. The van der Waals surface area contributed by atoms with Crippen molar-refractivity contribution in [1.82, 2.24) is 0 Å². The number of hydrogen-bond donors (Lipinski definition) is 0. The third-order valence-corrected chi connectivity index (χ3v) is 5.82. The van der Waals surface area contributed by atoms with Crippen molar-refractivity contribution in [2.45, 2.75) is 57.7 Å². The molecule has 2 aromatic carbocycles. The summed E-state index contributed by atoms with van der Waals surface area (Å²) in [6.07, 6.45) is -1.93. The normalized spacial score (nSPS) is 19.9. The van der Waals surface area contributed by atoms with Crippen molar-refractivity contribution in [3.8, 4) is 11.1 Å². The number of alkyl halides is 3. The Balaban J connectivity index is 1.46. The SMILES string of the molecule is Cc1ccc(-c2cc(F)c(CCCOC3CCC(C=C(F)C(F)(F)F)CC3)c(F)c2)cc1. The Labute approximate surface area is 184 Å². The summed E-state index contributed by atoms with van der Waals surface area (Å²) >= 11 is 0. The zero-order valence-corrected chi connectivity index (χ0v) is 17.8. The summed E-state index contributed by atoms with van der Waals surface area (Å²) < 4.78 is 84.6. The monoisotopic (exact) mass is 456 g/mol. The van der Waals surface area contributed by atoms with E-state index in [-0.39, 0.29) is 18.1 Å². The quantitative estimate of drug-likeness (QED) is 0.304. The molecule has 1 aliphatic carbocycles. The van der Waals surface area contributed by atoms with E-state index in [1.165, 1.54) is 12.1 Å². The molecule has 0 saturated heterocycles. The van der Waals surface area contributed by atoms with Crippen molar-refractivity contribution in [2.75, 3.05) is 6.61 Å². The predicted octanol–water partition coefficient (Wildman–Crippen LogP) is 7.86. The van der Waals surface area contributed by atoms with Gasteiger partial charge in [-0.2, -0.15) is 13.2 Å². The Kier molecular flexibility index (Phi) is 8.04. The minimum absolute atomic E-state index is 0.0148. The molecule has 1 nitrogen and oxygen atoms in total. The zero-order chi connectivity index (χ0) is 23.3. The van der Waals surface area contributed by atoms with E-state index < -0.39 is 29.6 Å². The van der Waals surface area contributed by atoms with Crippen LogP contribution in [0.3, 0.4) is 0 Å². The Morgan fingerprint density at radius 1 is 0.969 bits per heavy atom. The number of allylic oxidation sites excluding steroid dienone is 2. The highest BCUT2D eigenvalue weighted by atomic mass is 19.4. The first-order valence-electron chi connectivity index (χ1n) is 10.7. The second-order valence-electron chi connectivity index (χ2n) is 8.31. The first-order chi connectivity index (χ1) is 15.1. The van der Waals surface area contributed by atoms with Crippen LogP contribution in [0, 0.1) is 24.5 Å². The van der Waals surface area contributed by atoms with Crippen molar-refractivity contribution >= 4 is 0 Å². The second-order valence-corrected chi connectivity index (χ2v) is 8.31. The van der Waals surface area contributed by atoms with Crippen LogP contribution < -0.4 is 0 Å². The lowest BCUT2D eigenvalue weighted by Gasteiger charge is -2.27. The molecule has 3 rings (SSSR count). The van der Waals surface area contributed by atoms with Gasteiger partial charge in [0.2, 0.25) is 0 Å². The molecule has 0 unspecified atom stereocenters. The van der Waals surface area contributed by atoms with Crippen LogP contribution in [0.5, 0.6) is 0 Å². The number of rotatable bonds is 7. The van der Waals surface area contributed by atoms with Crippen LogP contribution in [0.25, 0.3) is 11.1 Å². The molecule has 7 heteroatoms. The van der Waals surface area contributed by atoms with Crippen LogP contribution in [-0.2, 0) is 11.2 Å². The van der Waals surface area contributed by atoms with E-state index in [1.807, 2.05) is 31.2 Å². The Morgan fingerprint density at radius 3 is 2.12 bits per heavy atom. The molecule has 0 atom stereocenters. The molecule has 2 aromatic rings. The number of halogens is 6. The van der Waals surface area contributed by atoms with Crippen molar-refractivity contribution in [2.24, 2.45) is 5.92 Å². The van der Waals surface area contributed by atoms with E-state index >= 15 is 0 Å². The van der Waals surface area contributed by atoms with Gasteiger partial charge in [0.05, 0.1) is 6.10 Å². The lowest BCUT2D eigenvalue weighted by Crippen LogP contribution is -2.22. The highest BCUT2D eigenvalue weighted by Crippen LogP contribution is 2.33. The maximum Gasteiger partial charge on any atom is 0.442 e. The molecule has 174 valence electrons. The predicted molar refractivity (Wildman–Crippen MR) is 112 cm³/mol. The van der Waals surface area contributed by atoms with E-state index in [4.69, 9.17) is 4.74 Å². The fourth-order valence-corrected chi connectivity index (χ4v) is 3.98. The van der Waals surface area contributed by atoms with Crippen LogP contribution in [0.2, 0.25) is 0 Å². The summed E-state index contributed by atoms with van der Waals surface area (Å²) in [4.78, 5) is 0. The first-order valence-corrected chi connectivity index (χ1v) is 10.7. The molecular weight excluding hydrogens is 430 g/mol. The van der Waals surface area contributed by atoms with E-state index in [9.17, 15) is 26.3 Å². The average molecular weight is 456 g/mol. The number of hydrogen-bond acceptors (Lipinski definition) is 1. The molecular formula is C25H26F6O. The lowest BCUT2D eigenvalue weighted by molar-refractivity contribution is -0.109. The third-order valence-electron chi connectivity index (χ3n) is 5.82. The van der Waals surface area contributed by atoms with E-state index in [1.54, 1.807) is 0 Å². The second kappa shape index (κ2) is 10.6. The zero-order valence-electron chi connectivity index (χ0n) is 17.8. The number of ether oxygens (including phenoxy) is 1. The topological polar surface area (TPSA) is 9.23 Å². The van der Waals surface area contributed by atoms with Crippen LogP contribution in [0.4, 0.5) is 26.3 Å². The van der Waals surface area contributed by atoms with Crippen molar-refractivity contribution in [1.29, 1.82) is 0 Å². The molecule has 0 bridgehead atoms. The summed E-state index contributed by atoms with van der Waals surface area (Å²) in [6.45, 7) is 2.23. The van der Waals surface area contributed by atoms with Gasteiger partial charge in [0, 0.05) is 12.2 Å². The smallest absolute Gasteiger partial charge is 0.378 e. The van der Waals surface area contributed by atoms with E-state index in [2.05, 4.69) is 0 Å². The fourth-order valence-electron chi connectivity index (χ4n) is 3.98. The van der Waals surface area contributed by atoms with Gasteiger partial charge in [0.15, 0.2) is 5.83 Å². The van der Waals surface area contributed by atoms with Crippen molar-refractivity contribution in [3.05, 3.63) is 71.1 Å². The molecule has 1 saturated carbocycles. The van der Waals surface area contributed by atoms with Gasteiger partial charge in [-0.25, -0.2) is 13.2 Å². The van der Waals surface area contributed by atoms with E-state index in [0.717, 1.165) is 11.1 Å². The van der Waals surface area contributed by atoms with Gasteiger partial charge in [0.25, 0.3) is 0 Å². The van der Waals surface area contributed by atoms with Crippen molar-refractivity contribution in [3.63, 3.8) is 0 Å². The largest absolute Gasteiger partial charge is 0.442 e. The van der Waals surface area contributed by atoms with Crippen LogP contribution in [0.15, 0.2) is 48.3 Å². The highest BCUT2D eigenvalue weighted by molar-refractivity contribution is 5.64. The van der Waals surface area contributed by atoms with Gasteiger partial charge in [-0.1, -0.05) is 29.8 Å². The average Bonchev–Trinajstić information content (AvgIpc) is 2.73. The Hall–Kier alpha value is -2.28. The number of aryl methyl sites for hydroxylation is 1.